The van der Waals surface area contributed by atoms with Gasteiger partial charge >= 0.3 is 0 Å². The average Bonchev–Trinajstić information content (AvgIpc) is 2.94. The Bertz CT molecular complexity index is 557. The molecule has 0 bridgehead atoms. The van der Waals surface area contributed by atoms with E-state index in [-0.39, 0.29) is 11.5 Å². The Morgan fingerprint density at radius 2 is 1.85 bits per heavy atom. The predicted molar refractivity (Wildman–Crippen MR) is 84.2 cm³/mol. The van der Waals surface area contributed by atoms with E-state index >= 15 is 0 Å². The molecule has 2 N–H and O–H groups in total. The zero-order valence-electron chi connectivity index (χ0n) is 11.8. The summed E-state index contributed by atoms with van der Waals surface area (Å²) in [6.45, 7) is 3.75. The summed E-state index contributed by atoms with van der Waals surface area (Å²) in [5.41, 5.74) is 9.41. The van der Waals surface area contributed by atoms with Gasteiger partial charge in [0, 0.05) is 29.5 Å². The third-order valence-corrected chi connectivity index (χ3v) is 5.62. The summed E-state index contributed by atoms with van der Waals surface area (Å²) in [5, 5.41) is 2.14. The minimum atomic E-state index is 0.00905. The molecule has 1 aliphatic rings. The van der Waals surface area contributed by atoms with Crippen LogP contribution in [0.3, 0.4) is 0 Å². The van der Waals surface area contributed by atoms with E-state index in [0.29, 0.717) is 0 Å². The highest BCUT2D eigenvalue weighted by Gasteiger charge is 2.41. The lowest BCUT2D eigenvalue weighted by molar-refractivity contribution is 0.0401. The van der Waals surface area contributed by atoms with Gasteiger partial charge in [-0.1, -0.05) is 30.3 Å². The molecule has 3 heteroatoms. The fraction of sp³-hybridized carbons (Fsp3) is 0.412. The maximum absolute atomic E-state index is 6.74. The number of benzene rings is 1. The molecule has 1 aromatic heterocycles. The van der Waals surface area contributed by atoms with Gasteiger partial charge in [0.25, 0.3) is 0 Å². The molecule has 20 heavy (non-hydrogen) atoms. The summed E-state index contributed by atoms with van der Waals surface area (Å²) in [4.78, 5) is 1.32. The van der Waals surface area contributed by atoms with E-state index in [4.69, 9.17) is 10.5 Å². The number of thiophene rings is 1. The highest BCUT2D eigenvalue weighted by atomic mass is 32.1. The first-order valence-corrected chi connectivity index (χ1v) is 8.05. The average molecular weight is 287 g/mol. The third-order valence-electron chi connectivity index (χ3n) is 4.51. The number of aryl methyl sites for hydroxylation is 1. The van der Waals surface area contributed by atoms with Crippen LogP contribution in [0.5, 0.6) is 0 Å². The maximum Gasteiger partial charge on any atom is 0.0492 e. The van der Waals surface area contributed by atoms with Crippen molar-refractivity contribution in [2.45, 2.75) is 31.2 Å². The second-order valence-corrected chi connectivity index (χ2v) is 6.53. The standard InChI is InChI=1S/C17H21NOS/c1-13-7-12-20-15(13)16(18)17(8-10-19-11-9-17)14-5-3-2-4-6-14/h2-7,12,16H,8-11,18H2,1H3. The molecule has 0 amide bonds. The fourth-order valence-electron chi connectivity index (χ4n) is 3.24. The van der Waals surface area contributed by atoms with Crippen LogP contribution in [0.15, 0.2) is 41.8 Å². The molecular formula is C17H21NOS. The summed E-state index contributed by atoms with van der Waals surface area (Å²) in [5.74, 6) is 0. The van der Waals surface area contributed by atoms with Crippen LogP contribution in [0.1, 0.15) is 34.9 Å². The minimum Gasteiger partial charge on any atom is -0.381 e. The molecule has 1 saturated heterocycles. The van der Waals surface area contributed by atoms with Gasteiger partial charge in [0.15, 0.2) is 0 Å². The summed E-state index contributed by atoms with van der Waals surface area (Å²) < 4.78 is 5.59. The predicted octanol–water partition coefficient (Wildman–Crippen LogP) is 3.80. The molecule has 1 atom stereocenters. The number of rotatable bonds is 3. The van der Waals surface area contributed by atoms with Gasteiger partial charge in [0.05, 0.1) is 0 Å². The van der Waals surface area contributed by atoms with Crippen molar-refractivity contribution in [2.75, 3.05) is 13.2 Å². The van der Waals surface area contributed by atoms with Crippen LogP contribution in [-0.4, -0.2) is 13.2 Å². The molecule has 106 valence electrons. The lowest BCUT2D eigenvalue weighted by atomic mass is 9.68. The van der Waals surface area contributed by atoms with Gasteiger partial charge in [0.1, 0.15) is 0 Å². The van der Waals surface area contributed by atoms with E-state index in [1.807, 2.05) is 0 Å². The summed E-state index contributed by atoms with van der Waals surface area (Å²) in [6.07, 6.45) is 1.99. The van der Waals surface area contributed by atoms with Crippen LogP contribution in [0.25, 0.3) is 0 Å². The summed E-state index contributed by atoms with van der Waals surface area (Å²) >= 11 is 1.78. The minimum absolute atomic E-state index is 0.00905. The zero-order valence-corrected chi connectivity index (χ0v) is 12.7. The Morgan fingerprint density at radius 1 is 1.15 bits per heavy atom. The number of nitrogens with two attached hydrogens (primary N) is 1. The Hall–Kier alpha value is -1.16. The molecule has 1 aliphatic heterocycles. The first-order valence-electron chi connectivity index (χ1n) is 7.17. The van der Waals surface area contributed by atoms with Crippen molar-refractivity contribution in [2.24, 2.45) is 5.73 Å². The van der Waals surface area contributed by atoms with Crippen LogP contribution in [0, 0.1) is 6.92 Å². The number of ether oxygens (including phenoxy) is 1. The van der Waals surface area contributed by atoms with E-state index in [9.17, 15) is 0 Å². The third kappa shape index (κ3) is 2.30. The van der Waals surface area contributed by atoms with Crippen molar-refractivity contribution in [1.29, 1.82) is 0 Å². The maximum atomic E-state index is 6.74. The van der Waals surface area contributed by atoms with Crippen LogP contribution < -0.4 is 5.73 Å². The first kappa shape index (κ1) is 13.8. The number of hydrogen-bond acceptors (Lipinski definition) is 3. The molecular weight excluding hydrogens is 266 g/mol. The molecule has 1 aromatic carbocycles. The van der Waals surface area contributed by atoms with E-state index in [1.165, 1.54) is 16.0 Å². The Labute approximate surface area is 124 Å². The van der Waals surface area contributed by atoms with E-state index in [0.717, 1.165) is 26.1 Å². The highest BCUT2D eigenvalue weighted by molar-refractivity contribution is 7.10. The van der Waals surface area contributed by atoms with Crippen LogP contribution in [0.4, 0.5) is 0 Å². The molecule has 0 aliphatic carbocycles. The summed E-state index contributed by atoms with van der Waals surface area (Å²) in [7, 11) is 0. The molecule has 1 unspecified atom stereocenters. The highest BCUT2D eigenvalue weighted by Crippen LogP contribution is 2.45. The largest absolute Gasteiger partial charge is 0.381 e. The van der Waals surface area contributed by atoms with Crippen molar-refractivity contribution < 1.29 is 4.74 Å². The number of hydrogen-bond donors (Lipinski definition) is 1. The molecule has 0 radical (unpaired) electrons. The second kappa shape index (κ2) is 5.68. The molecule has 3 rings (SSSR count). The van der Waals surface area contributed by atoms with Crippen molar-refractivity contribution in [3.63, 3.8) is 0 Å². The van der Waals surface area contributed by atoms with Crippen molar-refractivity contribution >= 4 is 11.3 Å². The van der Waals surface area contributed by atoms with Crippen LogP contribution in [0.2, 0.25) is 0 Å². The molecule has 0 saturated carbocycles. The van der Waals surface area contributed by atoms with Gasteiger partial charge in [-0.15, -0.1) is 11.3 Å². The molecule has 2 aromatic rings. The lowest BCUT2D eigenvalue weighted by Crippen LogP contribution is -2.43. The van der Waals surface area contributed by atoms with Gasteiger partial charge in [-0.25, -0.2) is 0 Å². The van der Waals surface area contributed by atoms with E-state index < -0.39 is 0 Å². The normalized spacial score (nSPS) is 19.7. The molecule has 2 nitrogen and oxygen atoms in total. The smallest absolute Gasteiger partial charge is 0.0492 e. The van der Waals surface area contributed by atoms with Crippen LogP contribution >= 0.6 is 11.3 Å². The summed E-state index contributed by atoms with van der Waals surface area (Å²) in [6, 6.07) is 12.9. The first-order chi connectivity index (χ1) is 9.74. The van der Waals surface area contributed by atoms with Crippen LogP contribution in [-0.2, 0) is 10.2 Å². The van der Waals surface area contributed by atoms with Crippen molar-refractivity contribution in [1.82, 2.24) is 0 Å². The second-order valence-electron chi connectivity index (χ2n) is 5.58. The molecule has 2 heterocycles. The van der Waals surface area contributed by atoms with Crippen molar-refractivity contribution in [3.8, 4) is 0 Å². The SMILES string of the molecule is Cc1ccsc1C(N)C1(c2ccccc2)CCOCC1. The molecule has 0 spiro atoms. The Morgan fingerprint density at radius 3 is 2.45 bits per heavy atom. The molecule has 1 fully saturated rings. The fourth-order valence-corrected chi connectivity index (χ4v) is 4.28. The van der Waals surface area contributed by atoms with Gasteiger partial charge in [0.2, 0.25) is 0 Å². The Kier molecular flexibility index (Phi) is 3.92. The van der Waals surface area contributed by atoms with Crippen molar-refractivity contribution in [3.05, 3.63) is 57.8 Å². The monoisotopic (exact) mass is 287 g/mol. The van der Waals surface area contributed by atoms with E-state index in [1.54, 1.807) is 11.3 Å². The zero-order chi connectivity index (χ0) is 14.0. The van der Waals surface area contributed by atoms with Gasteiger partial charge in [-0.3, -0.25) is 0 Å². The quantitative estimate of drug-likeness (QED) is 0.932. The van der Waals surface area contributed by atoms with E-state index in [2.05, 4.69) is 48.7 Å². The van der Waals surface area contributed by atoms with Gasteiger partial charge in [-0.2, -0.15) is 0 Å². The van der Waals surface area contributed by atoms with Gasteiger partial charge in [-0.05, 0) is 42.3 Å². The van der Waals surface area contributed by atoms with Gasteiger partial charge < -0.3 is 10.5 Å². The topological polar surface area (TPSA) is 35.2 Å². The lowest BCUT2D eigenvalue weighted by Gasteiger charge is -2.42. The Balaban J connectivity index is 2.04.